The second kappa shape index (κ2) is 10.1. The summed E-state index contributed by atoms with van der Waals surface area (Å²) in [5.41, 5.74) is 0.250. The van der Waals surface area contributed by atoms with Gasteiger partial charge in [0.05, 0.1) is 49.1 Å². The van der Waals surface area contributed by atoms with Gasteiger partial charge in [-0.15, -0.1) is 0 Å². The summed E-state index contributed by atoms with van der Waals surface area (Å²) in [6, 6.07) is -0.111. The lowest BCUT2D eigenvalue weighted by Gasteiger charge is -2.62. The highest BCUT2D eigenvalue weighted by atomic mass is 19.1. The van der Waals surface area contributed by atoms with Crippen molar-refractivity contribution >= 4 is 11.7 Å². The maximum absolute atomic E-state index is 16.2. The first-order valence-electron chi connectivity index (χ1n) is 15.2. The third-order valence-corrected chi connectivity index (χ3v) is 10.8. The number of morpholine rings is 2. The highest BCUT2D eigenvalue weighted by Crippen LogP contribution is 2.50. The molecule has 7 rings (SSSR count). The lowest BCUT2D eigenvalue weighted by atomic mass is 9.64. The van der Waals surface area contributed by atoms with Gasteiger partial charge in [-0.3, -0.25) is 14.5 Å². The first kappa shape index (κ1) is 25.4. The average Bonchev–Trinajstić information content (AvgIpc) is 2.93. The Morgan fingerprint density at radius 1 is 1.05 bits per heavy atom. The standard InChI is InChI=1S/C29H43FN4O4/c1-17-15-33(7-6-31-17)26-22(30)14-20-25-28(26)38-24-13-19-5-3-2-4-18(19)12-23(24)34(25)16-21(27(20)35)29(36)32-8-10-37-11-9-32/h16-20,22-26,28,31H,2-15H2,1H3. The van der Waals surface area contributed by atoms with Crippen LogP contribution in [0.4, 0.5) is 4.39 Å². The fourth-order valence-electron chi connectivity index (χ4n) is 9.03. The van der Waals surface area contributed by atoms with Gasteiger partial charge in [0.2, 0.25) is 0 Å². The van der Waals surface area contributed by atoms with Crippen LogP contribution >= 0.6 is 0 Å². The topological polar surface area (TPSA) is 74.4 Å². The maximum Gasteiger partial charge on any atom is 0.259 e. The molecule has 3 saturated carbocycles. The molecule has 3 saturated heterocycles. The van der Waals surface area contributed by atoms with Gasteiger partial charge in [0.1, 0.15) is 6.17 Å². The molecule has 3 aliphatic carbocycles. The molecule has 6 fully saturated rings. The van der Waals surface area contributed by atoms with E-state index >= 15 is 4.39 Å². The van der Waals surface area contributed by atoms with Crippen LogP contribution in [-0.2, 0) is 19.1 Å². The van der Waals surface area contributed by atoms with E-state index in [0.29, 0.717) is 44.2 Å². The fourth-order valence-corrected chi connectivity index (χ4v) is 9.03. The van der Waals surface area contributed by atoms with Crippen LogP contribution in [-0.4, -0.2) is 115 Å². The van der Waals surface area contributed by atoms with Gasteiger partial charge in [-0.05, 0) is 38.0 Å². The third kappa shape index (κ3) is 4.23. The molecule has 7 aliphatic rings. The molecule has 0 bridgehead atoms. The van der Waals surface area contributed by atoms with Crippen molar-refractivity contribution < 1.29 is 23.5 Å². The summed E-state index contributed by atoms with van der Waals surface area (Å²) < 4.78 is 28.6. The minimum absolute atomic E-state index is 0.0218. The smallest absolute Gasteiger partial charge is 0.259 e. The number of nitrogens with zero attached hydrogens (tertiary/aromatic N) is 3. The van der Waals surface area contributed by atoms with Crippen LogP contribution in [0.3, 0.4) is 0 Å². The molecule has 8 nitrogen and oxygen atoms in total. The average molecular weight is 531 g/mol. The third-order valence-electron chi connectivity index (χ3n) is 10.8. The van der Waals surface area contributed by atoms with Gasteiger partial charge in [0.25, 0.3) is 5.91 Å². The summed E-state index contributed by atoms with van der Waals surface area (Å²) in [6.45, 7) is 6.52. The Kier molecular flexibility index (Phi) is 6.78. The molecule has 4 aliphatic heterocycles. The Labute approximate surface area is 225 Å². The number of Topliss-reactive ketones (excluding diaryl/α,β-unsaturated/α-hetero) is 1. The molecule has 4 heterocycles. The van der Waals surface area contributed by atoms with Gasteiger partial charge in [-0.25, -0.2) is 4.39 Å². The normalized spacial score (nSPS) is 45.5. The molecule has 0 aromatic carbocycles. The summed E-state index contributed by atoms with van der Waals surface area (Å²) in [5, 5.41) is 3.48. The van der Waals surface area contributed by atoms with Crippen molar-refractivity contribution in [3.8, 4) is 0 Å². The van der Waals surface area contributed by atoms with E-state index in [1.165, 1.54) is 25.7 Å². The van der Waals surface area contributed by atoms with Gasteiger partial charge in [0.15, 0.2) is 5.78 Å². The van der Waals surface area contributed by atoms with Crippen molar-refractivity contribution in [1.29, 1.82) is 0 Å². The molecule has 0 spiro atoms. The van der Waals surface area contributed by atoms with Crippen molar-refractivity contribution in [1.82, 2.24) is 20.0 Å². The summed E-state index contributed by atoms with van der Waals surface area (Å²) in [6.07, 6.45) is 7.71. The van der Waals surface area contributed by atoms with E-state index in [1.54, 1.807) is 4.90 Å². The van der Waals surface area contributed by atoms with Gasteiger partial charge in [-0.2, -0.15) is 0 Å². The van der Waals surface area contributed by atoms with Gasteiger partial charge in [0, 0.05) is 50.9 Å². The summed E-state index contributed by atoms with van der Waals surface area (Å²) >= 11 is 0. The Bertz CT molecular complexity index is 972. The molecular formula is C29H43FN4O4. The quantitative estimate of drug-likeness (QED) is 0.546. The van der Waals surface area contributed by atoms with E-state index in [9.17, 15) is 9.59 Å². The molecule has 10 atom stereocenters. The molecule has 1 N–H and O–H groups in total. The summed E-state index contributed by atoms with van der Waals surface area (Å²) in [4.78, 5) is 33.9. The van der Waals surface area contributed by atoms with E-state index in [1.807, 2.05) is 6.20 Å². The monoisotopic (exact) mass is 530 g/mol. The number of carbonyl (C=O) groups excluding carboxylic acids is 2. The number of piperazine rings is 1. The minimum Gasteiger partial charge on any atom is -0.378 e. The van der Waals surface area contributed by atoms with Crippen LogP contribution in [0.2, 0.25) is 0 Å². The molecule has 38 heavy (non-hydrogen) atoms. The van der Waals surface area contributed by atoms with Crippen molar-refractivity contribution in [2.45, 2.75) is 94.4 Å². The zero-order chi connectivity index (χ0) is 26.0. The first-order chi connectivity index (χ1) is 18.5. The number of hydrogen-bond donors (Lipinski definition) is 1. The zero-order valence-electron chi connectivity index (χ0n) is 22.6. The number of hydrogen-bond acceptors (Lipinski definition) is 7. The minimum atomic E-state index is -1.15. The van der Waals surface area contributed by atoms with Crippen molar-refractivity contribution in [2.75, 3.05) is 45.9 Å². The molecule has 0 aromatic heterocycles. The molecule has 0 aromatic rings. The number of ether oxygens (including phenoxy) is 2. The van der Waals surface area contributed by atoms with Crippen LogP contribution in [0.5, 0.6) is 0 Å². The molecule has 0 radical (unpaired) electrons. The fraction of sp³-hybridized carbons (Fsp3) is 0.862. The van der Waals surface area contributed by atoms with Crippen LogP contribution in [0.25, 0.3) is 0 Å². The summed E-state index contributed by atoms with van der Waals surface area (Å²) in [7, 11) is 0. The predicted octanol–water partition coefficient (Wildman–Crippen LogP) is 1.74. The van der Waals surface area contributed by atoms with E-state index in [2.05, 4.69) is 22.0 Å². The van der Waals surface area contributed by atoms with Crippen LogP contribution in [0.15, 0.2) is 11.8 Å². The van der Waals surface area contributed by atoms with E-state index < -0.39 is 12.1 Å². The van der Waals surface area contributed by atoms with Crippen LogP contribution in [0.1, 0.15) is 51.9 Å². The highest BCUT2D eigenvalue weighted by Gasteiger charge is 2.60. The second-order valence-electron chi connectivity index (χ2n) is 12.9. The Hall–Kier alpha value is -1.55. The number of fused-ring (bicyclic) bond motifs is 3. The van der Waals surface area contributed by atoms with E-state index in [0.717, 1.165) is 32.5 Å². The number of halogens is 1. The van der Waals surface area contributed by atoms with E-state index in [4.69, 9.17) is 9.47 Å². The number of alkyl halides is 1. The summed E-state index contributed by atoms with van der Waals surface area (Å²) in [5.74, 6) is 0.411. The first-order valence-corrected chi connectivity index (χ1v) is 15.2. The number of ketones is 1. The van der Waals surface area contributed by atoms with Crippen molar-refractivity contribution in [2.24, 2.45) is 17.8 Å². The van der Waals surface area contributed by atoms with E-state index in [-0.39, 0.29) is 54.0 Å². The Morgan fingerprint density at radius 3 is 2.58 bits per heavy atom. The number of amides is 1. The van der Waals surface area contributed by atoms with Crippen LogP contribution < -0.4 is 5.32 Å². The van der Waals surface area contributed by atoms with Gasteiger partial charge >= 0.3 is 0 Å². The lowest BCUT2D eigenvalue weighted by Crippen LogP contribution is -2.74. The van der Waals surface area contributed by atoms with Crippen molar-refractivity contribution in [3.05, 3.63) is 11.8 Å². The molecule has 1 amide bonds. The number of nitrogens with one attached hydrogen (secondary N) is 1. The Balaban J connectivity index is 1.26. The lowest BCUT2D eigenvalue weighted by molar-refractivity contribution is -0.222. The zero-order valence-corrected chi connectivity index (χ0v) is 22.6. The molecule has 9 heteroatoms. The molecular weight excluding hydrogens is 487 g/mol. The van der Waals surface area contributed by atoms with Crippen molar-refractivity contribution in [3.63, 3.8) is 0 Å². The van der Waals surface area contributed by atoms with Gasteiger partial charge in [-0.1, -0.05) is 25.7 Å². The van der Waals surface area contributed by atoms with Gasteiger partial charge < -0.3 is 24.6 Å². The number of carbonyl (C=O) groups is 2. The number of rotatable bonds is 2. The molecule has 10 unspecified atom stereocenters. The SMILES string of the molecule is CC1CN(C2C(F)CC3C(=O)C(C(=O)N4CCOCC4)=CN4C5CC6CCCCC6CC5OC2C34)CCN1. The second-order valence-corrected chi connectivity index (χ2v) is 12.9. The Morgan fingerprint density at radius 2 is 1.82 bits per heavy atom. The predicted molar refractivity (Wildman–Crippen MR) is 139 cm³/mol. The largest absolute Gasteiger partial charge is 0.378 e. The van der Waals surface area contributed by atoms with Crippen LogP contribution in [0, 0.1) is 17.8 Å². The molecule has 210 valence electrons. The highest BCUT2D eigenvalue weighted by molar-refractivity contribution is 6.20. The maximum atomic E-state index is 16.2.